The smallest absolute Gasteiger partial charge is 0.410 e. The molecule has 6 heteroatoms. The van der Waals surface area contributed by atoms with Crippen molar-refractivity contribution in [3.8, 4) is 0 Å². The van der Waals surface area contributed by atoms with E-state index in [2.05, 4.69) is 10.0 Å². The zero-order valence-electron chi connectivity index (χ0n) is 12.6. The molecular formula is C14H24N4O2. The van der Waals surface area contributed by atoms with E-state index in [0.717, 1.165) is 19.4 Å². The highest BCUT2D eigenvalue weighted by atomic mass is 16.6. The van der Waals surface area contributed by atoms with Crippen LogP contribution in [0.3, 0.4) is 0 Å². The van der Waals surface area contributed by atoms with Crippen LogP contribution in [0.2, 0.25) is 0 Å². The van der Waals surface area contributed by atoms with E-state index in [1.165, 1.54) is 12.8 Å². The van der Waals surface area contributed by atoms with Crippen LogP contribution < -0.4 is 0 Å². The Morgan fingerprint density at radius 1 is 1.45 bits per heavy atom. The Balaban J connectivity index is 2.07. The molecule has 6 nitrogen and oxygen atoms in total. The summed E-state index contributed by atoms with van der Waals surface area (Å²) >= 11 is 0. The highest BCUT2D eigenvalue weighted by Crippen LogP contribution is 2.49. The summed E-state index contributed by atoms with van der Waals surface area (Å²) in [6.45, 7) is 7.51. The van der Waals surface area contributed by atoms with Gasteiger partial charge in [0.2, 0.25) is 0 Å². The van der Waals surface area contributed by atoms with E-state index in [1.807, 2.05) is 20.8 Å². The molecule has 1 saturated heterocycles. The second-order valence-corrected chi connectivity index (χ2v) is 7.04. The van der Waals surface area contributed by atoms with Gasteiger partial charge in [0.05, 0.1) is 0 Å². The van der Waals surface area contributed by atoms with Gasteiger partial charge in [0.15, 0.2) is 0 Å². The first-order valence-electron chi connectivity index (χ1n) is 7.35. The number of carbonyl (C=O) groups is 1. The van der Waals surface area contributed by atoms with E-state index in [-0.39, 0.29) is 17.4 Å². The van der Waals surface area contributed by atoms with Crippen LogP contribution in [0, 0.1) is 11.3 Å². The van der Waals surface area contributed by atoms with Crippen molar-refractivity contribution in [2.75, 3.05) is 19.6 Å². The summed E-state index contributed by atoms with van der Waals surface area (Å²) in [4.78, 5) is 16.9. The lowest BCUT2D eigenvalue weighted by Crippen LogP contribution is -2.36. The Morgan fingerprint density at radius 3 is 2.65 bits per heavy atom. The van der Waals surface area contributed by atoms with Gasteiger partial charge < -0.3 is 9.64 Å². The van der Waals surface area contributed by atoms with Crippen molar-refractivity contribution in [3.63, 3.8) is 0 Å². The molecule has 0 aromatic rings. The van der Waals surface area contributed by atoms with Gasteiger partial charge in [0, 0.05) is 24.5 Å². The van der Waals surface area contributed by atoms with Crippen LogP contribution in [0.25, 0.3) is 10.4 Å². The average Bonchev–Trinajstić information content (AvgIpc) is 2.94. The molecule has 2 fully saturated rings. The normalized spacial score (nSPS) is 24.8. The molecule has 0 bridgehead atoms. The van der Waals surface area contributed by atoms with Crippen LogP contribution in [0.15, 0.2) is 5.11 Å². The van der Waals surface area contributed by atoms with Crippen LogP contribution in [-0.2, 0) is 4.74 Å². The molecule has 1 spiro atoms. The van der Waals surface area contributed by atoms with E-state index in [4.69, 9.17) is 10.3 Å². The van der Waals surface area contributed by atoms with Crippen molar-refractivity contribution in [1.82, 2.24) is 4.90 Å². The lowest BCUT2D eigenvalue weighted by atomic mass is 9.76. The highest BCUT2D eigenvalue weighted by molar-refractivity contribution is 5.68. The molecule has 1 aliphatic heterocycles. The van der Waals surface area contributed by atoms with Gasteiger partial charge >= 0.3 is 6.09 Å². The molecule has 0 aromatic carbocycles. The quantitative estimate of drug-likeness (QED) is 0.439. The molecule has 1 unspecified atom stereocenters. The Hall–Kier alpha value is -1.42. The lowest BCUT2D eigenvalue weighted by molar-refractivity contribution is 0.0273. The number of likely N-dealkylation sites (tertiary alicyclic amines) is 1. The maximum atomic E-state index is 12.2. The predicted molar refractivity (Wildman–Crippen MR) is 76.2 cm³/mol. The Bertz CT molecular complexity index is 417. The van der Waals surface area contributed by atoms with Gasteiger partial charge in [-0.25, -0.2) is 4.79 Å². The molecule has 1 heterocycles. The molecule has 2 rings (SSSR count). The third-order valence-corrected chi connectivity index (χ3v) is 4.43. The topological polar surface area (TPSA) is 78.3 Å². The molecule has 0 aromatic heterocycles. The summed E-state index contributed by atoms with van der Waals surface area (Å²) < 4.78 is 5.46. The maximum absolute atomic E-state index is 12.2. The van der Waals surface area contributed by atoms with E-state index in [1.54, 1.807) is 4.90 Å². The number of nitrogens with zero attached hydrogens (tertiary/aromatic N) is 4. The van der Waals surface area contributed by atoms with E-state index in [9.17, 15) is 4.79 Å². The third-order valence-electron chi connectivity index (χ3n) is 4.43. The molecule has 2 aliphatic rings. The first-order valence-corrected chi connectivity index (χ1v) is 7.35. The van der Waals surface area contributed by atoms with Gasteiger partial charge in [-0.15, -0.1) is 0 Å². The van der Waals surface area contributed by atoms with Gasteiger partial charge in [-0.1, -0.05) is 18.0 Å². The maximum Gasteiger partial charge on any atom is 0.410 e. The SMILES string of the molecule is CC(C)(C)OC(=O)N1CC(CN=[N+]=[N-])C2(CCCC2)C1. The van der Waals surface area contributed by atoms with E-state index in [0.29, 0.717) is 13.1 Å². The number of amides is 1. The summed E-state index contributed by atoms with van der Waals surface area (Å²) in [5.74, 6) is 0.272. The molecule has 1 aliphatic carbocycles. The van der Waals surface area contributed by atoms with E-state index >= 15 is 0 Å². The number of carbonyl (C=O) groups excluding carboxylic acids is 1. The molecule has 20 heavy (non-hydrogen) atoms. The van der Waals surface area contributed by atoms with Crippen molar-refractivity contribution in [3.05, 3.63) is 10.4 Å². The molecular weight excluding hydrogens is 256 g/mol. The van der Waals surface area contributed by atoms with Crippen molar-refractivity contribution in [2.45, 2.75) is 52.1 Å². The summed E-state index contributed by atoms with van der Waals surface area (Å²) in [6, 6.07) is 0. The monoisotopic (exact) mass is 280 g/mol. The van der Waals surface area contributed by atoms with Gasteiger partial charge in [0.25, 0.3) is 0 Å². The second kappa shape index (κ2) is 5.52. The van der Waals surface area contributed by atoms with Crippen LogP contribution in [-0.4, -0.2) is 36.2 Å². The van der Waals surface area contributed by atoms with Gasteiger partial charge in [-0.3, -0.25) is 0 Å². The minimum Gasteiger partial charge on any atom is -0.444 e. The van der Waals surface area contributed by atoms with Gasteiger partial charge in [0.1, 0.15) is 5.60 Å². The summed E-state index contributed by atoms with van der Waals surface area (Å²) in [7, 11) is 0. The Kier molecular flexibility index (Phi) is 4.14. The first kappa shape index (κ1) is 15.0. The summed E-state index contributed by atoms with van der Waals surface area (Å²) in [6.07, 6.45) is 4.41. The van der Waals surface area contributed by atoms with Crippen molar-refractivity contribution in [2.24, 2.45) is 16.4 Å². The number of hydrogen-bond donors (Lipinski definition) is 0. The van der Waals surface area contributed by atoms with Crippen LogP contribution >= 0.6 is 0 Å². The minimum atomic E-state index is -0.469. The minimum absolute atomic E-state index is 0.144. The summed E-state index contributed by atoms with van der Waals surface area (Å²) in [5.41, 5.74) is 8.21. The molecule has 112 valence electrons. The van der Waals surface area contributed by atoms with E-state index < -0.39 is 5.60 Å². The van der Waals surface area contributed by atoms with Crippen LogP contribution in [0.1, 0.15) is 46.5 Å². The number of ether oxygens (including phenoxy) is 1. The largest absolute Gasteiger partial charge is 0.444 e. The zero-order valence-corrected chi connectivity index (χ0v) is 12.6. The van der Waals surface area contributed by atoms with Crippen LogP contribution in [0.4, 0.5) is 4.79 Å². The number of hydrogen-bond acceptors (Lipinski definition) is 3. The standard InChI is InChI=1S/C14H24N4O2/c1-13(2,3)20-12(19)18-9-11(8-16-17-15)14(10-18)6-4-5-7-14/h11H,4-10H2,1-3H3. The lowest BCUT2D eigenvalue weighted by Gasteiger charge is -2.29. The third kappa shape index (κ3) is 3.18. The summed E-state index contributed by atoms with van der Waals surface area (Å²) in [5, 5.41) is 3.74. The average molecular weight is 280 g/mol. The fraction of sp³-hybridized carbons (Fsp3) is 0.929. The molecule has 0 N–H and O–H groups in total. The Labute approximate surface area is 120 Å². The molecule has 1 atom stereocenters. The zero-order chi connectivity index (χ0) is 14.8. The molecule has 1 amide bonds. The van der Waals surface area contributed by atoms with Crippen LogP contribution in [0.5, 0.6) is 0 Å². The predicted octanol–water partition coefficient (Wildman–Crippen LogP) is 3.72. The fourth-order valence-corrected chi connectivity index (χ4v) is 3.53. The first-order chi connectivity index (χ1) is 9.36. The van der Waals surface area contributed by atoms with Gasteiger partial charge in [-0.2, -0.15) is 0 Å². The fourth-order valence-electron chi connectivity index (χ4n) is 3.53. The number of rotatable bonds is 2. The van der Waals surface area contributed by atoms with Crippen molar-refractivity contribution in [1.29, 1.82) is 0 Å². The Morgan fingerprint density at radius 2 is 2.10 bits per heavy atom. The van der Waals surface area contributed by atoms with Crippen molar-refractivity contribution >= 4 is 6.09 Å². The highest BCUT2D eigenvalue weighted by Gasteiger charge is 2.49. The second-order valence-electron chi connectivity index (χ2n) is 7.04. The van der Waals surface area contributed by atoms with Crippen molar-refractivity contribution < 1.29 is 9.53 Å². The number of azide groups is 1. The molecule has 0 radical (unpaired) electrons. The molecule has 1 saturated carbocycles. The van der Waals surface area contributed by atoms with Gasteiger partial charge in [-0.05, 0) is 50.5 Å².